The zero-order valence-corrected chi connectivity index (χ0v) is 20.3. The number of allylic oxidation sites excluding steroid dienone is 1. The van der Waals surface area contributed by atoms with Gasteiger partial charge < -0.3 is 10.6 Å². The van der Waals surface area contributed by atoms with Crippen LogP contribution in [0.3, 0.4) is 0 Å². The van der Waals surface area contributed by atoms with Crippen molar-refractivity contribution < 1.29 is 4.79 Å². The number of carbonyl (C=O) groups excluding carboxylic acids is 1. The van der Waals surface area contributed by atoms with E-state index in [2.05, 4.69) is 86.0 Å². The second-order valence-electron chi connectivity index (χ2n) is 7.90. The summed E-state index contributed by atoms with van der Waals surface area (Å²) in [6.07, 6.45) is 6.57. The van der Waals surface area contributed by atoms with Gasteiger partial charge in [-0.15, -0.1) is 0 Å². The van der Waals surface area contributed by atoms with E-state index in [0.29, 0.717) is 0 Å². The van der Waals surface area contributed by atoms with Crippen LogP contribution in [0.15, 0.2) is 91.0 Å². The summed E-state index contributed by atoms with van der Waals surface area (Å²) in [6, 6.07) is 27.0. The number of nitrogens with one attached hydrogen (secondary N) is 2. The molecule has 0 radical (unpaired) electrons. The third-order valence-corrected chi connectivity index (χ3v) is 5.33. The standard InChI is InChI=1S/C23H28N2O.C7H8/c1-4-21(22-8-6-5-7-18(22)2)15-16-25-17-20-11-9-19(10-12-20)13-14-23(26)24-3;1-7-5-3-2-4-6-7/h4-14,25H,15-17H2,1-3H3,(H,24,26);2-6H,1H3/b14-13+,21-4-;. The predicted molar refractivity (Wildman–Crippen MR) is 142 cm³/mol. The summed E-state index contributed by atoms with van der Waals surface area (Å²) < 4.78 is 0. The molecule has 0 aliphatic rings. The molecule has 0 bridgehead atoms. The molecule has 3 rings (SSSR count). The van der Waals surface area contributed by atoms with E-state index in [9.17, 15) is 4.79 Å². The fourth-order valence-electron chi connectivity index (χ4n) is 3.36. The van der Waals surface area contributed by atoms with Gasteiger partial charge in [-0.25, -0.2) is 0 Å². The third-order valence-electron chi connectivity index (χ3n) is 5.33. The minimum Gasteiger partial charge on any atom is -0.356 e. The van der Waals surface area contributed by atoms with Crippen molar-refractivity contribution in [2.75, 3.05) is 13.6 Å². The van der Waals surface area contributed by atoms with Crippen molar-refractivity contribution in [3.63, 3.8) is 0 Å². The molecule has 0 saturated heterocycles. The van der Waals surface area contributed by atoms with Gasteiger partial charge in [0, 0.05) is 19.7 Å². The smallest absolute Gasteiger partial charge is 0.243 e. The van der Waals surface area contributed by atoms with E-state index < -0.39 is 0 Å². The first-order valence-corrected chi connectivity index (χ1v) is 11.5. The fourth-order valence-corrected chi connectivity index (χ4v) is 3.36. The molecule has 1 amide bonds. The van der Waals surface area contributed by atoms with Gasteiger partial charge in [-0.05, 0) is 67.6 Å². The van der Waals surface area contributed by atoms with E-state index >= 15 is 0 Å². The van der Waals surface area contributed by atoms with Crippen LogP contribution in [0.2, 0.25) is 0 Å². The maximum absolute atomic E-state index is 11.2. The van der Waals surface area contributed by atoms with E-state index in [4.69, 9.17) is 0 Å². The van der Waals surface area contributed by atoms with Gasteiger partial charge in [-0.2, -0.15) is 0 Å². The van der Waals surface area contributed by atoms with Gasteiger partial charge in [0.2, 0.25) is 5.91 Å². The van der Waals surface area contributed by atoms with Gasteiger partial charge in [0.15, 0.2) is 0 Å². The van der Waals surface area contributed by atoms with E-state index in [1.165, 1.54) is 33.9 Å². The first kappa shape index (κ1) is 25.8. The van der Waals surface area contributed by atoms with Gasteiger partial charge in [-0.1, -0.05) is 90.5 Å². The number of benzene rings is 3. The van der Waals surface area contributed by atoms with E-state index in [1.54, 1.807) is 7.05 Å². The second-order valence-corrected chi connectivity index (χ2v) is 7.90. The summed E-state index contributed by atoms with van der Waals surface area (Å²) >= 11 is 0. The Labute approximate surface area is 199 Å². The Morgan fingerprint density at radius 3 is 2.12 bits per heavy atom. The summed E-state index contributed by atoms with van der Waals surface area (Å²) in [5.41, 5.74) is 7.62. The van der Waals surface area contributed by atoms with Crippen molar-refractivity contribution in [3.05, 3.63) is 119 Å². The summed E-state index contributed by atoms with van der Waals surface area (Å²) in [6.45, 7) is 8.12. The first-order chi connectivity index (χ1) is 16.0. The van der Waals surface area contributed by atoms with Crippen LogP contribution < -0.4 is 10.6 Å². The van der Waals surface area contributed by atoms with Gasteiger partial charge in [0.05, 0.1) is 0 Å². The fraction of sp³-hybridized carbons (Fsp3) is 0.233. The molecule has 0 unspecified atom stereocenters. The number of carbonyl (C=O) groups is 1. The van der Waals surface area contributed by atoms with Crippen molar-refractivity contribution in [2.24, 2.45) is 0 Å². The predicted octanol–water partition coefficient (Wildman–Crippen LogP) is 6.33. The largest absolute Gasteiger partial charge is 0.356 e. The van der Waals surface area contributed by atoms with E-state index in [-0.39, 0.29) is 5.91 Å². The highest BCUT2D eigenvalue weighted by atomic mass is 16.1. The maximum Gasteiger partial charge on any atom is 0.243 e. The Balaban J connectivity index is 0.000000468. The highest BCUT2D eigenvalue weighted by molar-refractivity contribution is 5.91. The van der Waals surface area contributed by atoms with Crippen LogP contribution in [0, 0.1) is 13.8 Å². The van der Waals surface area contributed by atoms with Gasteiger partial charge in [0.1, 0.15) is 0 Å². The highest BCUT2D eigenvalue weighted by Crippen LogP contribution is 2.21. The summed E-state index contributed by atoms with van der Waals surface area (Å²) in [5, 5.41) is 6.08. The van der Waals surface area contributed by atoms with E-state index in [0.717, 1.165) is 25.1 Å². The number of hydrogen-bond donors (Lipinski definition) is 2. The van der Waals surface area contributed by atoms with Crippen molar-refractivity contribution in [1.29, 1.82) is 0 Å². The monoisotopic (exact) mass is 440 g/mol. The molecule has 0 fully saturated rings. The lowest BCUT2D eigenvalue weighted by Gasteiger charge is -2.11. The Bertz CT molecular complexity index is 1030. The lowest BCUT2D eigenvalue weighted by molar-refractivity contribution is -0.115. The second kappa shape index (κ2) is 14.6. The van der Waals surface area contributed by atoms with Gasteiger partial charge in [-0.3, -0.25) is 4.79 Å². The molecule has 0 saturated carbocycles. The van der Waals surface area contributed by atoms with Crippen LogP contribution in [0.25, 0.3) is 11.6 Å². The molecule has 3 aromatic carbocycles. The van der Waals surface area contributed by atoms with Crippen molar-refractivity contribution in [3.8, 4) is 0 Å². The Morgan fingerprint density at radius 1 is 0.879 bits per heavy atom. The molecule has 0 atom stereocenters. The molecule has 3 aromatic rings. The molecule has 2 N–H and O–H groups in total. The van der Waals surface area contributed by atoms with Crippen LogP contribution in [0.4, 0.5) is 0 Å². The molecular weight excluding hydrogens is 404 g/mol. The Hall–Kier alpha value is -3.43. The molecule has 0 aromatic heterocycles. The lowest BCUT2D eigenvalue weighted by Crippen LogP contribution is -2.15. The number of hydrogen-bond acceptors (Lipinski definition) is 2. The number of likely N-dealkylation sites (N-methyl/N-ethyl adjacent to an activating group) is 1. The highest BCUT2D eigenvalue weighted by Gasteiger charge is 2.03. The maximum atomic E-state index is 11.2. The van der Waals surface area contributed by atoms with E-state index in [1.807, 2.05) is 36.4 Å². The van der Waals surface area contributed by atoms with Crippen LogP contribution in [0.1, 0.15) is 41.2 Å². The van der Waals surface area contributed by atoms with Gasteiger partial charge >= 0.3 is 0 Å². The number of aryl methyl sites for hydroxylation is 2. The summed E-state index contributed by atoms with van der Waals surface area (Å²) in [5.74, 6) is -0.0934. The normalized spacial score (nSPS) is 11.1. The van der Waals surface area contributed by atoms with Crippen LogP contribution >= 0.6 is 0 Å². The molecular formula is C30H36N2O. The minimum atomic E-state index is -0.0934. The van der Waals surface area contributed by atoms with Gasteiger partial charge in [0.25, 0.3) is 0 Å². The molecule has 3 heteroatoms. The van der Waals surface area contributed by atoms with Crippen molar-refractivity contribution >= 4 is 17.6 Å². The molecule has 0 aliphatic carbocycles. The molecule has 172 valence electrons. The molecule has 0 heterocycles. The van der Waals surface area contributed by atoms with Crippen LogP contribution in [-0.2, 0) is 11.3 Å². The Kier molecular flexibility index (Phi) is 11.4. The number of amides is 1. The molecule has 3 nitrogen and oxygen atoms in total. The van der Waals surface area contributed by atoms with Crippen molar-refractivity contribution in [1.82, 2.24) is 10.6 Å². The molecule has 0 aliphatic heterocycles. The van der Waals surface area contributed by atoms with Crippen molar-refractivity contribution in [2.45, 2.75) is 33.7 Å². The SMILES string of the molecule is C/C=C(/CCNCc1ccc(/C=C/C(=O)NC)cc1)c1ccccc1C.Cc1ccccc1. The quantitative estimate of drug-likeness (QED) is 0.317. The zero-order valence-electron chi connectivity index (χ0n) is 20.3. The molecule has 33 heavy (non-hydrogen) atoms. The summed E-state index contributed by atoms with van der Waals surface area (Å²) in [7, 11) is 1.62. The molecule has 0 spiro atoms. The van der Waals surface area contributed by atoms with Crippen LogP contribution in [-0.4, -0.2) is 19.5 Å². The average molecular weight is 441 g/mol. The third kappa shape index (κ3) is 9.71. The van der Waals surface area contributed by atoms with Crippen LogP contribution in [0.5, 0.6) is 0 Å². The number of rotatable bonds is 8. The lowest BCUT2D eigenvalue weighted by atomic mass is 9.98. The topological polar surface area (TPSA) is 41.1 Å². The zero-order chi connectivity index (χ0) is 23.9. The average Bonchev–Trinajstić information content (AvgIpc) is 2.85. The Morgan fingerprint density at radius 2 is 1.55 bits per heavy atom. The summed E-state index contributed by atoms with van der Waals surface area (Å²) in [4.78, 5) is 11.2. The minimum absolute atomic E-state index is 0.0934. The first-order valence-electron chi connectivity index (χ1n) is 11.5.